The molecular weight excluding hydrogens is 370 g/mol. The molecule has 2 N–H and O–H groups in total. The van der Waals surface area contributed by atoms with Gasteiger partial charge >= 0.3 is 0 Å². The Bertz CT molecular complexity index is 793. The van der Waals surface area contributed by atoms with E-state index in [2.05, 4.69) is 10.6 Å². The molecule has 0 aliphatic rings. The van der Waals surface area contributed by atoms with Gasteiger partial charge in [-0.15, -0.1) is 11.8 Å². The predicted octanol–water partition coefficient (Wildman–Crippen LogP) is 4.39. The lowest BCUT2D eigenvalue weighted by atomic mass is 10.2. The summed E-state index contributed by atoms with van der Waals surface area (Å²) in [6, 6.07) is 15.0. The number of aryl methyl sites for hydroxylation is 1. The summed E-state index contributed by atoms with van der Waals surface area (Å²) in [5.74, 6) is -0.235. The molecule has 150 valence electrons. The molecule has 5 nitrogen and oxygen atoms in total. The van der Waals surface area contributed by atoms with Gasteiger partial charge in [0.2, 0.25) is 11.8 Å². The topological polar surface area (TPSA) is 61.4 Å². The van der Waals surface area contributed by atoms with E-state index in [0.29, 0.717) is 6.54 Å². The van der Waals surface area contributed by atoms with Crippen molar-refractivity contribution in [3.8, 4) is 0 Å². The number of anilines is 2. The Balaban J connectivity index is 1.99. The fourth-order valence-corrected chi connectivity index (χ4v) is 3.28. The number of nitrogens with one attached hydrogen (secondary N) is 2. The van der Waals surface area contributed by atoms with Crippen molar-refractivity contribution in [2.75, 3.05) is 30.0 Å². The molecule has 0 saturated heterocycles. The molecule has 0 saturated carbocycles. The van der Waals surface area contributed by atoms with Crippen LogP contribution in [0.1, 0.15) is 25.8 Å². The zero-order valence-electron chi connectivity index (χ0n) is 17.0. The normalized spacial score (nSPS) is 11.9. The number of nitrogens with zero attached hydrogens (tertiary/aromatic N) is 1. The van der Waals surface area contributed by atoms with Gasteiger partial charge in [-0.05, 0) is 69.0 Å². The summed E-state index contributed by atoms with van der Waals surface area (Å²) in [4.78, 5) is 28.3. The van der Waals surface area contributed by atoms with E-state index in [-0.39, 0.29) is 18.4 Å². The molecule has 28 heavy (non-hydrogen) atoms. The summed E-state index contributed by atoms with van der Waals surface area (Å²) < 4.78 is 0. The maximum Gasteiger partial charge on any atom is 0.241 e. The number of thioether (sulfide) groups is 1. The van der Waals surface area contributed by atoms with E-state index in [9.17, 15) is 9.59 Å². The van der Waals surface area contributed by atoms with Crippen molar-refractivity contribution in [3.63, 3.8) is 0 Å². The van der Waals surface area contributed by atoms with Crippen LogP contribution in [0.15, 0.2) is 53.4 Å². The van der Waals surface area contributed by atoms with Gasteiger partial charge in [-0.3, -0.25) is 14.5 Å². The van der Waals surface area contributed by atoms with Gasteiger partial charge in [0.15, 0.2) is 0 Å². The van der Waals surface area contributed by atoms with E-state index in [1.165, 1.54) is 0 Å². The molecule has 0 spiro atoms. The number of rotatable bonds is 9. The summed E-state index contributed by atoms with van der Waals surface area (Å²) in [6.07, 6.45) is 2.87. The van der Waals surface area contributed by atoms with Crippen molar-refractivity contribution in [2.45, 2.75) is 38.1 Å². The Labute approximate surface area is 171 Å². The van der Waals surface area contributed by atoms with Gasteiger partial charge in [0.05, 0.1) is 12.6 Å². The molecule has 1 unspecified atom stereocenters. The quantitative estimate of drug-likeness (QED) is 0.614. The van der Waals surface area contributed by atoms with Crippen LogP contribution >= 0.6 is 11.8 Å². The highest BCUT2D eigenvalue weighted by molar-refractivity contribution is 7.98. The van der Waals surface area contributed by atoms with Crippen molar-refractivity contribution in [2.24, 2.45) is 0 Å². The Morgan fingerprint density at radius 3 is 2.36 bits per heavy atom. The molecule has 0 heterocycles. The van der Waals surface area contributed by atoms with Crippen LogP contribution in [0.2, 0.25) is 0 Å². The Kier molecular flexibility index (Phi) is 8.54. The third kappa shape index (κ3) is 6.39. The molecule has 0 aliphatic carbocycles. The molecule has 2 aromatic carbocycles. The first kappa shape index (κ1) is 22.0. The molecule has 0 radical (unpaired) electrons. The lowest BCUT2D eigenvalue weighted by molar-refractivity contribution is -0.123. The van der Waals surface area contributed by atoms with Crippen molar-refractivity contribution >= 4 is 35.0 Å². The first-order chi connectivity index (χ1) is 13.4. The fourth-order valence-electron chi connectivity index (χ4n) is 2.87. The minimum atomic E-state index is -0.414. The van der Waals surface area contributed by atoms with Crippen molar-refractivity contribution in [1.29, 1.82) is 0 Å². The Hall–Kier alpha value is -2.31. The van der Waals surface area contributed by atoms with Crippen LogP contribution in [0.5, 0.6) is 0 Å². The van der Waals surface area contributed by atoms with Crippen molar-refractivity contribution in [1.82, 2.24) is 4.90 Å². The van der Waals surface area contributed by atoms with Gasteiger partial charge in [0.25, 0.3) is 0 Å². The van der Waals surface area contributed by atoms with E-state index in [1.54, 1.807) is 11.8 Å². The maximum atomic E-state index is 12.7. The summed E-state index contributed by atoms with van der Waals surface area (Å²) in [5.41, 5.74) is 2.57. The van der Waals surface area contributed by atoms with Crippen LogP contribution in [0.25, 0.3) is 0 Å². The molecular formula is C22H29N3O2S. The molecule has 0 aliphatic heterocycles. The summed E-state index contributed by atoms with van der Waals surface area (Å²) in [7, 11) is 0. The van der Waals surface area contributed by atoms with E-state index in [1.807, 2.05) is 80.5 Å². The molecule has 0 bridgehead atoms. The van der Waals surface area contributed by atoms with Gasteiger partial charge in [0, 0.05) is 16.3 Å². The number of hydrogen-bond acceptors (Lipinski definition) is 4. The predicted molar refractivity (Wildman–Crippen MR) is 118 cm³/mol. The SMILES string of the molecule is CCCN(CC(=O)Nc1ccccc1C)C(C)C(=O)Nc1ccc(SC)cc1. The minimum absolute atomic E-state index is 0.117. The fraction of sp³-hybridized carbons (Fsp3) is 0.364. The minimum Gasteiger partial charge on any atom is -0.325 e. The summed E-state index contributed by atoms with van der Waals surface area (Å²) in [5, 5.41) is 5.88. The molecule has 2 rings (SSSR count). The highest BCUT2D eigenvalue weighted by Crippen LogP contribution is 2.18. The molecule has 0 aromatic heterocycles. The van der Waals surface area contributed by atoms with Crippen molar-refractivity contribution in [3.05, 3.63) is 54.1 Å². The number of para-hydroxylation sites is 1. The van der Waals surface area contributed by atoms with E-state index in [0.717, 1.165) is 28.3 Å². The van der Waals surface area contributed by atoms with Gasteiger partial charge < -0.3 is 10.6 Å². The largest absolute Gasteiger partial charge is 0.325 e. The summed E-state index contributed by atoms with van der Waals surface area (Å²) >= 11 is 1.66. The van der Waals surface area contributed by atoms with E-state index in [4.69, 9.17) is 0 Å². The van der Waals surface area contributed by atoms with Gasteiger partial charge in [-0.1, -0.05) is 25.1 Å². The van der Waals surface area contributed by atoms with Crippen LogP contribution < -0.4 is 10.6 Å². The zero-order chi connectivity index (χ0) is 20.5. The van der Waals surface area contributed by atoms with Crippen LogP contribution in [0.3, 0.4) is 0 Å². The van der Waals surface area contributed by atoms with Crippen LogP contribution in [0, 0.1) is 6.92 Å². The van der Waals surface area contributed by atoms with Crippen LogP contribution in [0.4, 0.5) is 11.4 Å². The number of amides is 2. The average molecular weight is 400 g/mol. The van der Waals surface area contributed by atoms with Gasteiger partial charge in [-0.2, -0.15) is 0 Å². The lowest BCUT2D eigenvalue weighted by Gasteiger charge is -2.27. The first-order valence-electron chi connectivity index (χ1n) is 9.49. The molecule has 2 aromatic rings. The van der Waals surface area contributed by atoms with E-state index >= 15 is 0 Å². The van der Waals surface area contributed by atoms with Gasteiger partial charge in [0.1, 0.15) is 0 Å². The third-order valence-corrected chi connectivity index (χ3v) is 5.30. The standard InChI is InChI=1S/C22H29N3O2S/c1-5-14-25(15-21(26)24-20-9-7-6-8-16(20)2)17(3)22(27)23-18-10-12-19(28-4)13-11-18/h6-13,17H,5,14-15H2,1-4H3,(H,23,27)(H,24,26). The second kappa shape index (κ2) is 10.9. The zero-order valence-corrected chi connectivity index (χ0v) is 17.8. The Morgan fingerprint density at radius 2 is 1.75 bits per heavy atom. The highest BCUT2D eigenvalue weighted by Gasteiger charge is 2.23. The number of benzene rings is 2. The molecule has 1 atom stereocenters. The average Bonchev–Trinajstić information content (AvgIpc) is 2.69. The van der Waals surface area contributed by atoms with Gasteiger partial charge in [-0.25, -0.2) is 0 Å². The summed E-state index contributed by atoms with van der Waals surface area (Å²) in [6.45, 7) is 6.67. The van der Waals surface area contributed by atoms with Crippen LogP contribution in [-0.4, -0.2) is 42.1 Å². The lowest BCUT2D eigenvalue weighted by Crippen LogP contribution is -2.46. The monoisotopic (exact) mass is 399 g/mol. The number of carbonyl (C=O) groups excluding carboxylic acids is 2. The highest BCUT2D eigenvalue weighted by atomic mass is 32.2. The number of hydrogen-bond donors (Lipinski definition) is 2. The second-order valence-corrected chi connectivity index (χ2v) is 7.61. The van der Waals surface area contributed by atoms with Crippen LogP contribution in [-0.2, 0) is 9.59 Å². The first-order valence-corrected chi connectivity index (χ1v) is 10.7. The number of carbonyl (C=O) groups is 2. The Morgan fingerprint density at radius 1 is 1.07 bits per heavy atom. The third-order valence-electron chi connectivity index (χ3n) is 4.56. The van der Waals surface area contributed by atoms with E-state index < -0.39 is 6.04 Å². The molecule has 0 fully saturated rings. The maximum absolute atomic E-state index is 12.7. The molecule has 2 amide bonds. The molecule has 6 heteroatoms. The second-order valence-electron chi connectivity index (χ2n) is 6.73. The smallest absolute Gasteiger partial charge is 0.241 e. The van der Waals surface area contributed by atoms with Crippen molar-refractivity contribution < 1.29 is 9.59 Å².